The number of hydrogen-bond donors (Lipinski definition) is 0. The van der Waals surface area contributed by atoms with E-state index in [0.29, 0.717) is 18.3 Å². The average molecular weight is 459 g/mol. The van der Waals surface area contributed by atoms with Crippen LogP contribution >= 0.6 is 0 Å². The molecule has 0 aromatic carbocycles. The van der Waals surface area contributed by atoms with Crippen LogP contribution in [0.3, 0.4) is 0 Å². The summed E-state index contributed by atoms with van der Waals surface area (Å²) in [5.41, 5.74) is 0. The van der Waals surface area contributed by atoms with Gasteiger partial charge in [-0.3, -0.25) is 9.59 Å². The molecular formula is C22H42O6Si2. The van der Waals surface area contributed by atoms with Crippen LogP contribution in [0.1, 0.15) is 38.5 Å². The average Bonchev–Trinajstić information content (AvgIpc) is 2.91. The van der Waals surface area contributed by atoms with Gasteiger partial charge in [0.2, 0.25) is 0 Å². The molecule has 6 nitrogen and oxygen atoms in total. The van der Waals surface area contributed by atoms with Gasteiger partial charge in [0.15, 0.2) is 16.6 Å². The highest BCUT2D eigenvalue weighted by molar-refractivity contribution is 6.70. The fraction of sp³-hybridized carbons (Fsp3) is 0.818. The van der Waals surface area contributed by atoms with Crippen LogP contribution in [0.4, 0.5) is 0 Å². The van der Waals surface area contributed by atoms with Crippen molar-refractivity contribution in [3.05, 3.63) is 12.2 Å². The monoisotopic (exact) mass is 458 g/mol. The molecule has 0 aliphatic heterocycles. The molecule has 1 aliphatic rings. The zero-order chi connectivity index (χ0) is 22.9. The van der Waals surface area contributed by atoms with Gasteiger partial charge in [-0.15, -0.1) is 0 Å². The summed E-state index contributed by atoms with van der Waals surface area (Å²) in [4.78, 5) is 23.0. The van der Waals surface area contributed by atoms with Gasteiger partial charge < -0.3 is 18.3 Å². The Kier molecular flexibility index (Phi) is 11.0. The van der Waals surface area contributed by atoms with E-state index >= 15 is 0 Å². The minimum atomic E-state index is -1.72. The van der Waals surface area contributed by atoms with E-state index in [4.69, 9.17) is 18.3 Å². The SMILES string of the molecule is COC(=O)C/C=C/CC1C(O[Si](C)(C)C)CC(O[Si](C)(C)C)C1CCCC(=O)OC. The van der Waals surface area contributed by atoms with Crippen molar-refractivity contribution in [2.45, 2.75) is 90.0 Å². The van der Waals surface area contributed by atoms with Crippen LogP contribution in [-0.2, 0) is 27.9 Å². The van der Waals surface area contributed by atoms with E-state index < -0.39 is 16.6 Å². The van der Waals surface area contributed by atoms with Crippen molar-refractivity contribution in [1.29, 1.82) is 0 Å². The molecule has 0 saturated heterocycles. The quantitative estimate of drug-likeness (QED) is 0.235. The molecule has 1 saturated carbocycles. The Balaban J connectivity index is 3.00. The normalized spacial score (nSPS) is 24.9. The Morgan fingerprint density at radius 1 is 0.833 bits per heavy atom. The first kappa shape index (κ1) is 27.1. The Hall–Kier alpha value is -0.966. The van der Waals surface area contributed by atoms with E-state index in [9.17, 15) is 9.59 Å². The number of allylic oxidation sites excluding steroid dienone is 1. The molecule has 0 aromatic rings. The summed E-state index contributed by atoms with van der Waals surface area (Å²) in [6.45, 7) is 13.3. The summed E-state index contributed by atoms with van der Waals surface area (Å²) in [7, 11) is -0.612. The number of ether oxygens (including phenoxy) is 2. The van der Waals surface area contributed by atoms with Crippen molar-refractivity contribution >= 4 is 28.6 Å². The fourth-order valence-electron chi connectivity index (χ4n) is 4.14. The molecule has 30 heavy (non-hydrogen) atoms. The molecule has 4 atom stereocenters. The maximum Gasteiger partial charge on any atom is 0.309 e. The second kappa shape index (κ2) is 12.2. The second-order valence-corrected chi connectivity index (χ2v) is 19.0. The number of esters is 2. The van der Waals surface area contributed by atoms with E-state index in [1.54, 1.807) is 0 Å². The molecular weight excluding hydrogens is 416 g/mol. The first-order valence-corrected chi connectivity index (χ1v) is 17.8. The molecule has 174 valence electrons. The van der Waals surface area contributed by atoms with Crippen LogP contribution in [0.25, 0.3) is 0 Å². The summed E-state index contributed by atoms with van der Waals surface area (Å²) in [5.74, 6) is 0.234. The molecule has 0 N–H and O–H groups in total. The summed E-state index contributed by atoms with van der Waals surface area (Å²) >= 11 is 0. The van der Waals surface area contributed by atoms with Gasteiger partial charge in [-0.05, 0) is 76.8 Å². The van der Waals surface area contributed by atoms with Crippen LogP contribution in [0, 0.1) is 11.8 Å². The summed E-state index contributed by atoms with van der Waals surface area (Å²) < 4.78 is 22.7. The number of hydrogen-bond acceptors (Lipinski definition) is 6. The predicted octanol–water partition coefficient (Wildman–Crippen LogP) is 4.92. The summed E-state index contributed by atoms with van der Waals surface area (Å²) in [6.07, 6.45) is 8.38. The lowest BCUT2D eigenvalue weighted by molar-refractivity contribution is -0.141. The van der Waals surface area contributed by atoms with Gasteiger partial charge in [0.25, 0.3) is 0 Å². The number of carbonyl (C=O) groups excluding carboxylic acids is 2. The van der Waals surface area contributed by atoms with Crippen LogP contribution in [-0.4, -0.2) is 55.0 Å². The largest absolute Gasteiger partial charge is 0.469 e. The summed E-state index contributed by atoms with van der Waals surface area (Å²) in [6, 6.07) is 0. The highest BCUT2D eigenvalue weighted by Gasteiger charge is 2.46. The maximum atomic E-state index is 11.6. The Bertz CT molecular complexity index is 579. The molecule has 0 bridgehead atoms. The van der Waals surface area contributed by atoms with Crippen LogP contribution in [0.15, 0.2) is 12.2 Å². The Morgan fingerprint density at radius 3 is 1.87 bits per heavy atom. The smallest absolute Gasteiger partial charge is 0.309 e. The van der Waals surface area contributed by atoms with Gasteiger partial charge in [-0.1, -0.05) is 12.2 Å². The Labute approximate surface area is 184 Å². The number of rotatable bonds is 12. The third-order valence-electron chi connectivity index (χ3n) is 5.21. The van der Waals surface area contributed by atoms with E-state index in [1.165, 1.54) is 14.2 Å². The van der Waals surface area contributed by atoms with Gasteiger partial charge in [-0.2, -0.15) is 0 Å². The fourth-order valence-corrected chi connectivity index (χ4v) is 6.49. The van der Waals surface area contributed by atoms with Crippen molar-refractivity contribution in [3.8, 4) is 0 Å². The van der Waals surface area contributed by atoms with E-state index in [2.05, 4.69) is 45.4 Å². The van der Waals surface area contributed by atoms with Crippen molar-refractivity contribution in [1.82, 2.24) is 0 Å². The second-order valence-electron chi connectivity index (χ2n) is 10.1. The third kappa shape index (κ3) is 10.4. The number of methoxy groups -OCH3 is 2. The van der Waals surface area contributed by atoms with E-state index in [0.717, 1.165) is 25.7 Å². The van der Waals surface area contributed by atoms with Gasteiger partial charge in [0.05, 0.1) is 32.8 Å². The van der Waals surface area contributed by atoms with Crippen LogP contribution < -0.4 is 0 Å². The van der Waals surface area contributed by atoms with Gasteiger partial charge in [0.1, 0.15) is 0 Å². The zero-order valence-corrected chi connectivity index (χ0v) is 22.2. The molecule has 0 heterocycles. The van der Waals surface area contributed by atoms with Crippen molar-refractivity contribution < 1.29 is 27.9 Å². The van der Waals surface area contributed by atoms with Crippen LogP contribution in [0.2, 0.25) is 39.3 Å². The molecule has 1 aliphatic carbocycles. The highest BCUT2D eigenvalue weighted by Crippen LogP contribution is 2.43. The van der Waals surface area contributed by atoms with Gasteiger partial charge in [0, 0.05) is 6.42 Å². The van der Waals surface area contributed by atoms with Gasteiger partial charge in [-0.25, -0.2) is 0 Å². The molecule has 0 aromatic heterocycles. The molecule has 0 spiro atoms. The standard InChI is InChI=1S/C22H42O6Si2/c1-25-21(23)14-10-9-12-17-18(13-11-15-22(24)26-2)20(28-30(6,7)8)16-19(17)27-29(3,4)5/h9-10,17-20H,11-16H2,1-8H3/b10-9+. The van der Waals surface area contributed by atoms with Gasteiger partial charge >= 0.3 is 11.9 Å². The van der Waals surface area contributed by atoms with Crippen molar-refractivity contribution in [3.63, 3.8) is 0 Å². The predicted molar refractivity (Wildman–Crippen MR) is 124 cm³/mol. The maximum absolute atomic E-state index is 11.6. The molecule has 1 fully saturated rings. The molecule has 0 amide bonds. The lowest BCUT2D eigenvalue weighted by Crippen LogP contribution is -2.35. The Morgan fingerprint density at radius 2 is 1.37 bits per heavy atom. The third-order valence-corrected chi connectivity index (χ3v) is 7.23. The number of carbonyl (C=O) groups is 2. The highest BCUT2D eigenvalue weighted by atomic mass is 28.4. The first-order chi connectivity index (χ1) is 13.9. The summed E-state index contributed by atoms with van der Waals surface area (Å²) in [5, 5.41) is 0. The molecule has 1 rings (SSSR count). The molecule has 4 unspecified atom stereocenters. The zero-order valence-electron chi connectivity index (χ0n) is 20.2. The van der Waals surface area contributed by atoms with Crippen molar-refractivity contribution in [2.75, 3.05) is 14.2 Å². The topological polar surface area (TPSA) is 71.1 Å². The minimum absolute atomic E-state index is 0.143. The lowest BCUT2D eigenvalue weighted by atomic mass is 9.86. The first-order valence-electron chi connectivity index (χ1n) is 11.0. The lowest BCUT2D eigenvalue weighted by Gasteiger charge is -2.31. The van der Waals surface area contributed by atoms with Crippen molar-refractivity contribution in [2.24, 2.45) is 11.8 Å². The van der Waals surface area contributed by atoms with E-state index in [1.807, 2.05) is 6.08 Å². The van der Waals surface area contributed by atoms with Crippen LogP contribution in [0.5, 0.6) is 0 Å². The van der Waals surface area contributed by atoms with E-state index in [-0.39, 0.29) is 30.6 Å². The minimum Gasteiger partial charge on any atom is -0.469 e. The molecule has 8 heteroatoms. The molecule has 0 radical (unpaired) electrons.